The summed E-state index contributed by atoms with van der Waals surface area (Å²) in [4.78, 5) is 8.14. The molecule has 3 N–H and O–H groups in total. The molecule has 1 aromatic heterocycles. The molecule has 0 bridgehead atoms. The molecule has 0 atom stereocenters. The van der Waals surface area contributed by atoms with E-state index in [0.717, 1.165) is 17.3 Å². The molecule has 0 radical (unpaired) electrons. The van der Waals surface area contributed by atoms with E-state index < -0.39 is 10.0 Å². The van der Waals surface area contributed by atoms with Gasteiger partial charge in [-0.15, -0.1) is 0 Å². The fourth-order valence-corrected chi connectivity index (χ4v) is 3.43. The second-order valence-corrected chi connectivity index (χ2v) is 7.19. The molecule has 1 heterocycles. The number of hydrogen-bond donors (Lipinski definition) is 3. The van der Waals surface area contributed by atoms with Crippen molar-refractivity contribution in [2.75, 3.05) is 19.3 Å². The third kappa shape index (κ3) is 5.57. The van der Waals surface area contributed by atoms with Gasteiger partial charge >= 0.3 is 0 Å². The van der Waals surface area contributed by atoms with Gasteiger partial charge in [0, 0.05) is 19.3 Å². The maximum atomic E-state index is 12.2. The van der Waals surface area contributed by atoms with Gasteiger partial charge in [-0.05, 0) is 12.1 Å². The molecule has 0 saturated heterocycles. The molecule has 0 amide bonds. The van der Waals surface area contributed by atoms with Crippen LogP contribution < -0.4 is 10.0 Å². The summed E-state index contributed by atoms with van der Waals surface area (Å²) in [7, 11) is -2.10. The number of nitrogens with one attached hydrogen (secondary N) is 3. The highest BCUT2D eigenvalue weighted by atomic mass is 32.2. The van der Waals surface area contributed by atoms with Gasteiger partial charge in [0.05, 0.1) is 10.6 Å². The number of sulfonamides is 1. The molecule has 10 heteroatoms. The molecule has 1 aromatic carbocycles. The fourth-order valence-electron chi connectivity index (χ4n) is 1.66. The fraction of sp³-hybridized carbons (Fsp3) is 0.308. The van der Waals surface area contributed by atoms with E-state index in [1.165, 1.54) is 25.5 Å². The second-order valence-electron chi connectivity index (χ2n) is 4.40. The van der Waals surface area contributed by atoms with Crippen molar-refractivity contribution in [2.45, 2.75) is 10.6 Å². The van der Waals surface area contributed by atoms with Crippen LogP contribution >= 0.6 is 11.8 Å². The van der Waals surface area contributed by atoms with E-state index in [1.807, 2.05) is 0 Å². The number of benzene rings is 1. The Morgan fingerprint density at radius 2 is 2.13 bits per heavy atom. The van der Waals surface area contributed by atoms with Crippen LogP contribution in [0, 0.1) is 0 Å². The Hall–Kier alpha value is -2.07. The first-order valence-corrected chi connectivity index (χ1v) is 9.46. The topological polar surface area (TPSA) is 112 Å². The van der Waals surface area contributed by atoms with Crippen LogP contribution in [-0.4, -0.2) is 48.9 Å². The molecule has 0 aliphatic rings. The van der Waals surface area contributed by atoms with E-state index in [-0.39, 0.29) is 10.9 Å². The molecule has 0 spiro atoms. The summed E-state index contributed by atoms with van der Waals surface area (Å²) < 4.78 is 26.8. The first-order valence-electron chi connectivity index (χ1n) is 6.82. The molecule has 0 aliphatic heterocycles. The predicted molar refractivity (Wildman–Crippen MR) is 90.7 cm³/mol. The highest BCUT2D eigenvalue weighted by molar-refractivity contribution is 7.98. The van der Waals surface area contributed by atoms with Crippen molar-refractivity contribution in [3.63, 3.8) is 0 Å². The highest BCUT2D eigenvalue weighted by Crippen LogP contribution is 2.07. The zero-order chi connectivity index (χ0) is 16.5. The van der Waals surface area contributed by atoms with Crippen LogP contribution in [0.5, 0.6) is 0 Å². The lowest BCUT2D eigenvalue weighted by Crippen LogP contribution is -2.41. The molecule has 0 fully saturated rings. The Morgan fingerprint density at radius 1 is 1.35 bits per heavy atom. The lowest BCUT2D eigenvalue weighted by Gasteiger charge is -2.12. The van der Waals surface area contributed by atoms with E-state index in [2.05, 4.69) is 30.2 Å². The third-order valence-electron chi connectivity index (χ3n) is 2.75. The molecule has 0 unspecified atom stereocenters. The largest absolute Gasteiger partial charge is 0.355 e. The van der Waals surface area contributed by atoms with Gasteiger partial charge in [-0.2, -0.15) is 16.9 Å². The van der Waals surface area contributed by atoms with Crippen molar-refractivity contribution in [3.8, 4) is 0 Å². The Kier molecular flexibility index (Phi) is 6.41. The van der Waals surface area contributed by atoms with Crippen molar-refractivity contribution >= 4 is 27.7 Å². The first-order chi connectivity index (χ1) is 11.1. The summed E-state index contributed by atoms with van der Waals surface area (Å²) in [5.74, 6) is 2.52. The van der Waals surface area contributed by atoms with Crippen molar-refractivity contribution < 1.29 is 8.42 Å². The van der Waals surface area contributed by atoms with Gasteiger partial charge in [-0.25, -0.2) is 18.1 Å². The summed E-state index contributed by atoms with van der Waals surface area (Å²) in [6, 6.07) is 8.17. The lowest BCUT2D eigenvalue weighted by molar-refractivity contribution is 0.591. The van der Waals surface area contributed by atoms with Crippen LogP contribution in [0.4, 0.5) is 0 Å². The van der Waals surface area contributed by atoms with E-state index >= 15 is 0 Å². The number of thioether (sulfide) groups is 1. The SMILES string of the molecule is CN=C(NCCSCc1ncn[nH]1)NS(=O)(=O)c1ccccc1. The summed E-state index contributed by atoms with van der Waals surface area (Å²) in [6.45, 7) is 0.572. The van der Waals surface area contributed by atoms with Gasteiger partial charge in [-0.1, -0.05) is 18.2 Å². The Labute approximate surface area is 139 Å². The van der Waals surface area contributed by atoms with Gasteiger partial charge in [0.2, 0.25) is 5.96 Å². The Morgan fingerprint density at radius 3 is 2.78 bits per heavy atom. The summed E-state index contributed by atoms with van der Waals surface area (Å²) in [6.07, 6.45) is 1.47. The summed E-state index contributed by atoms with van der Waals surface area (Å²) in [5.41, 5.74) is 0. The predicted octanol–water partition coefficient (Wildman–Crippen LogP) is 0.592. The van der Waals surface area contributed by atoms with Gasteiger partial charge in [-0.3, -0.25) is 10.1 Å². The average Bonchev–Trinajstić information content (AvgIpc) is 3.07. The monoisotopic (exact) mass is 354 g/mol. The summed E-state index contributed by atoms with van der Waals surface area (Å²) >= 11 is 1.65. The van der Waals surface area contributed by atoms with Crippen LogP contribution in [-0.2, 0) is 15.8 Å². The number of H-pyrrole nitrogens is 1. The zero-order valence-electron chi connectivity index (χ0n) is 12.6. The molecule has 124 valence electrons. The number of aromatic amines is 1. The van der Waals surface area contributed by atoms with Gasteiger partial charge in [0.25, 0.3) is 10.0 Å². The van der Waals surface area contributed by atoms with E-state index in [1.54, 1.807) is 30.0 Å². The van der Waals surface area contributed by atoms with Crippen LogP contribution in [0.3, 0.4) is 0 Å². The van der Waals surface area contributed by atoms with Crippen LogP contribution in [0.25, 0.3) is 0 Å². The lowest BCUT2D eigenvalue weighted by atomic mass is 10.4. The molecule has 8 nitrogen and oxygen atoms in total. The minimum absolute atomic E-state index is 0.197. The number of guanidine groups is 1. The standard InChI is InChI=1S/C13H18N6O2S2/c1-14-13(15-7-8-22-9-12-16-10-17-18-12)19-23(20,21)11-5-3-2-4-6-11/h2-6,10H,7-9H2,1H3,(H2,14,15,19)(H,16,17,18). The Balaban J connectivity index is 1.77. The quantitative estimate of drug-likeness (QED) is 0.381. The maximum Gasteiger partial charge on any atom is 0.264 e. The van der Waals surface area contributed by atoms with Crippen molar-refractivity contribution in [3.05, 3.63) is 42.5 Å². The number of aliphatic imine (C=N–C) groups is 1. The molecular formula is C13H18N6O2S2. The Bertz CT molecular complexity index is 716. The molecule has 0 aliphatic carbocycles. The molecule has 2 aromatic rings. The zero-order valence-corrected chi connectivity index (χ0v) is 14.2. The molecular weight excluding hydrogens is 336 g/mol. The van der Waals surface area contributed by atoms with E-state index in [0.29, 0.717) is 6.54 Å². The average molecular weight is 354 g/mol. The second kappa shape index (κ2) is 8.53. The van der Waals surface area contributed by atoms with E-state index in [4.69, 9.17) is 0 Å². The first kappa shape index (κ1) is 17.3. The van der Waals surface area contributed by atoms with Crippen molar-refractivity contribution in [1.82, 2.24) is 25.2 Å². The number of nitrogens with zero attached hydrogens (tertiary/aromatic N) is 3. The normalized spacial score (nSPS) is 12.1. The van der Waals surface area contributed by atoms with E-state index in [9.17, 15) is 8.42 Å². The van der Waals surface area contributed by atoms with Gasteiger partial charge < -0.3 is 5.32 Å². The smallest absolute Gasteiger partial charge is 0.264 e. The number of hydrogen-bond acceptors (Lipinski definition) is 6. The maximum absolute atomic E-state index is 12.2. The summed E-state index contributed by atoms with van der Waals surface area (Å²) in [5, 5.41) is 9.52. The molecule has 2 rings (SSSR count). The van der Waals surface area contributed by atoms with Crippen LogP contribution in [0.2, 0.25) is 0 Å². The molecule has 23 heavy (non-hydrogen) atoms. The van der Waals surface area contributed by atoms with Gasteiger partial charge in [0.15, 0.2) is 0 Å². The van der Waals surface area contributed by atoms with Crippen LogP contribution in [0.15, 0.2) is 46.5 Å². The van der Waals surface area contributed by atoms with Crippen LogP contribution in [0.1, 0.15) is 5.82 Å². The van der Waals surface area contributed by atoms with Crippen molar-refractivity contribution in [1.29, 1.82) is 0 Å². The molecule has 0 saturated carbocycles. The number of aromatic nitrogens is 3. The minimum Gasteiger partial charge on any atom is -0.355 e. The third-order valence-corrected chi connectivity index (χ3v) is 5.08. The van der Waals surface area contributed by atoms with Crippen molar-refractivity contribution in [2.24, 2.45) is 4.99 Å². The number of rotatable bonds is 7. The minimum atomic E-state index is -3.62. The van der Waals surface area contributed by atoms with Gasteiger partial charge in [0.1, 0.15) is 12.2 Å². The highest BCUT2D eigenvalue weighted by Gasteiger charge is 2.15.